The maximum atomic E-state index is 12.1. The minimum Gasteiger partial charge on any atom is -0.381 e. The highest BCUT2D eigenvalue weighted by Gasteiger charge is 2.05. The summed E-state index contributed by atoms with van der Waals surface area (Å²) in [6.45, 7) is 0.733. The minimum atomic E-state index is -0.0319. The third-order valence-electron chi connectivity index (χ3n) is 3.67. The molecule has 0 aliphatic carbocycles. The van der Waals surface area contributed by atoms with Crippen LogP contribution < -0.4 is 10.6 Å². The molecule has 2 aromatic carbocycles. The molecule has 3 aromatic rings. The molecule has 0 aliphatic heterocycles. The van der Waals surface area contributed by atoms with Gasteiger partial charge in [0.1, 0.15) is 0 Å². The van der Waals surface area contributed by atoms with Crippen molar-refractivity contribution in [3.8, 4) is 0 Å². The van der Waals surface area contributed by atoms with Crippen LogP contribution in [0.15, 0.2) is 77.5 Å². The third kappa shape index (κ3) is 5.43. The Balaban J connectivity index is 1.52. The minimum absolute atomic E-state index is 0.0319. The van der Waals surface area contributed by atoms with E-state index in [1.807, 2.05) is 60.7 Å². The van der Waals surface area contributed by atoms with Gasteiger partial charge in [-0.3, -0.25) is 9.78 Å². The number of anilines is 2. The van der Waals surface area contributed by atoms with Gasteiger partial charge in [-0.25, -0.2) is 0 Å². The summed E-state index contributed by atoms with van der Waals surface area (Å²) in [5.41, 5.74) is 3.93. The molecule has 0 radical (unpaired) electrons. The highest BCUT2D eigenvalue weighted by molar-refractivity contribution is 9.10. The Morgan fingerprint density at radius 1 is 0.920 bits per heavy atom. The van der Waals surface area contributed by atoms with Crippen molar-refractivity contribution in [3.05, 3.63) is 88.7 Å². The Hall–Kier alpha value is -2.66. The van der Waals surface area contributed by atoms with Crippen LogP contribution in [0.2, 0.25) is 0 Å². The van der Waals surface area contributed by atoms with Gasteiger partial charge in [-0.2, -0.15) is 0 Å². The third-order valence-corrected chi connectivity index (χ3v) is 4.16. The average molecular weight is 396 g/mol. The largest absolute Gasteiger partial charge is 0.381 e. The molecule has 0 fully saturated rings. The summed E-state index contributed by atoms with van der Waals surface area (Å²) < 4.78 is 0.974. The van der Waals surface area contributed by atoms with Gasteiger partial charge in [-0.05, 0) is 59.7 Å². The molecule has 25 heavy (non-hydrogen) atoms. The lowest BCUT2D eigenvalue weighted by atomic mass is 10.1. The normalized spacial score (nSPS) is 10.3. The van der Waals surface area contributed by atoms with Gasteiger partial charge in [0.05, 0.1) is 6.42 Å². The fraction of sp³-hybridized carbons (Fsp3) is 0.100. The number of amides is 1. The summed E-state index contributed by atoms with van der Waals surface area (Å²) in [4.78, 5) is 16.1. The highest BCUT2D eigenvalue weighted by Crippen LogP contribution is 2.16. The first-order chi connectivity index (χ1) is 12.2. The molecule has 4 nitrogen and oxygen atoms in total. The van der Waals surface area contributed by atoms with Crippen LogP contribution in [0.5, 0.6) is 0 Å². The van der Waals surface area contributed by atoms with E-state index in [0.29, 0.717) is 6.42 Å². The summed E-state index contributed by atoms with van der Waals surface area (Å²) >= 11 is 3.42. The second kappa shape index (κ2) is 8.44. The van der Waals surface area contributed by atoms with Crippen molar-refractivity contribution in [3.63, 3.8) is 0 Å². The highest BCUT2D eigenvalue weighted by atomic mass is 79.9. The molecule has 3 rings (SSSR count). The van der Waals surface area contributed by atoms with Crippen molar-refractivity contribution < 1.29 is 4.79 Å². The monoisotopic (exact) mass is 395 g/mol. The van der Waals surface area contributed by atoms with E-state index in [4.69, 9.17) is 0 Å². The number of pyridine rings is 1. The van der Waals surface area contributed by atoms with Gasteiger partial charge < -0.3 is 10.6 Å². The Labute approximate surface area is 155 Å². The lowest BCUT2D eigenvalue weighted by molar-refractivity contribution is -0.115. The fourth-order valence-corrected chi connectivity index (χ4v) is 2.86. The van der Waals surface area contributed by atoms with E-state index in [1.165, 1.54) is 5.56 Å². The smallest absolute Gasteiger partial charge is 0.228 e. The van der Waals surface area contributed by atoms with Crippen molar-refractivity contribution in [1.82, 2.24) is 4.98 Å². The van der Waals surface area contributed by atoms with E-state index in [2.05, 4.69) is 31.5 Å². The summed E-state index contributed by atoms with van der Waals surface area (Å²) in [6, 6.07) is 19.4. The van der Waals surface area contributed by atoms with Crippen molar-refractivity contribution in [2.45, 2.75) is 13.0 Å². The molecular formula is C20H18BrN3O. The first-order valence-corrected chi connectivity index (χ1v) is 8.75. The number of aromatic nitrogens is 1. The molecule has 0 atom stereocenters. The zero-order chi connectivity index (χ0) is 17.5. The fourth-order valence-electron chi connectivity index (χ4n) is 2.41. The molecule has 0 saturated heterocycles. The second-order valence-corrected chi connectivity index (χ2v) is 6.56. The van der Waals surface area contributed by atoms with Crippen LogP contribution in [0.3, 0.4) is 0 Å². The number of benzene rings is 2. The Morgan fingerprint density at radius 2 is 1.64 bits per heavy atom. The molecule has 2 N–H and O–H groups in total. The summed E-state index contributed by atoms with van der Waals surface area (Å²) in [5, 5.41) is 6.26. The summed E-state index contributed by atoms with van der Waals surface area (Å²) in [7, 11) is 0. The van der Waals surface area contributed by atoms with E-state index < -0.39 is 0 Å². The van der Waals surface area contributed by atoms with Crippen LogP contribution in [0, 0.1) is 0 Å². The molecule has 1 amide bonds. The van der Waals surface area contributed by atoms with Gasteiger partial charge in [0.15, 0.2) is 0 Å². The maximum absolute atomic E-state index is 12.1. The van der Waals surface area contributed by atoms with Crippen LogP contribution >= 0.6 is 15.9 Å². The molecule has 0 saturated carbocycles. The quantitative estimate of drug-likeness (QED) is 0.639. The lowest BCUT2D eigenvalue weighted by Crippen LogP contribution is -2.14. The molecular weight excluding hydrogens is 378 g/mol. The van der Waals surface area contributed by atoms with Gasteiger partial charge in [-0.15, -0.1) is 0 Å². The van der Waals surface area contributed by atoms with Crippen molar-refractivity contribution in [1.29, 1.82) is 0 Å². The van der Waals surface area contributed by atoms with Crippen LogP contribution in [-0.2, 0) is 17.8 Å². The first-order valence-electron chi connectivity index (χ1n) is 7.96. The molecule has 0 aliphatic rings. The number of carbonyl (C=O) groups excluding carboxylic acids is 1. The lowest BCUT2D eigenvalue weighted by Gasteiger charge is -2.09. The van der Waals surface area contributed by atoms with Gasteiger partial charge in [0, 0.05) is 34.8 Å². The predicted octanol–water partition coefficient (Wildman–Crippen LogP) is 4.64. The molecule has 1 aromatic heterocycles. The van der Waals surface area contributed by atoms with Gasteiger partial charge in [0.25, 0.3) is 0 Å². The SMILES string of the molecule is O=C(Cc1cccc(Br)c1)Nc1ccc(NCc2ccncc2)cc1. The van der Waals surface area contributed by atoms with Crippen LogP contribution in [0.1, 0.15) is 11.1 Å². The Bertz CT molecular complexity index is 835. The zero-order valence-corrected chi connectivity index (χ0v) is 15.2. The maximum Gasteiger partial charge on any atom is 0.228 e. The molecule has 1 heterocycles. The van der Waals surface area contributed by atoms with Gasteiger partial charge in [-0.1, -0.05) is 28.1 Å². The summed E-state index contributed by atoms with van der Waals surface area (Å²) in [6.07, 6.45) is 3.91. The summed E-state index contributed by atoms with van der Waals surface area (Å²) in [5.74, 6) is -0.0319. The van der Waals surface area contributed by atoms with Gasteiger partial charge >= 0.3 is 0 Å². The second-order valence-electron chi connectivity index (χ2n) is 5.64. The number of nitrogens with one attached hydrogen (secondary N) is 2. The van der Waals surface area contributed by atoms with E-state index >= 15 is 0 Å². The first kappa shape index (κ1) is 17.2. The van der Waals surface area contributed by atoms with E-state index in [-0.39, 0.29) is 5.91 Å². The van der Waals surface area contributed by atoms with E-state index in [0.717, 1.165) is 28.0 Å². The molecule has 5 heteroatoms. The predicted molar refractivity (Wildman–Crippen MR) is 104 cm³/mol. The number of nitrogens with zero attached hydrogens (tertiary/aromatic N) is 1. The number of rotatable bonds is 6. The molecule has 0 bridgehead atoms. The number of carbonyl (C=O) groups is 1. The van der Waals surface area contributed by atoms with Crippen LogP contribution in [-0.4, -0.2) is 10.9 Å². The zero-order valence-electron chi connectivity index (χ0n) is 13.6. The molecule has 0 unspecified atom stereocenters. The topological polar surface area (TPSA) is 54.0 Å². The van der Waals surface area contributed by atoms with E-state index in [1.54, 1.807) is 12.4 Å². The Kier molecular flexibility index (Phi) is 5.80. The van der Waals surface area contributed by atoms with Crippen molar-refractivity contribution >= 4 is 33.2 Å². The van der Waals surface area contributed by atoms with Gasteiger partial charge in [0.2, 0.25) is 5.91 Å². The van der Waals surface area contributed by atoms with Crippen molar-refractivity contribution in [2.24, 2.45) is 0 Å². The average Bonchev–Trinajstić information content (AvgIpc) is 2.62. The number of hydrogen-bond donors (Lipinski definition) is 2. The van der Waals surface area contributed by atoms with E-state index in [9.17, 15) is 4.79 Å². The molecule has 126 valence electrons. The number of halogens is 1. The molecule has 0 spiro atoms. The Morgan fingerprint density at radius 3 is 2.36 bits per heavy atom. The standard InChI is InChI=1S/C20H18BrN3O/c21-17-3-1-2-16(12-17)13-20(25)24-19-6-4-18(5-7-19)23-14-15-8-10-22-11-9-15/h1-12,23H,13-14H2,(H,24,25). The van der Waals surface area contributed by atoms with Crippen LogP contribution in [0.25, 0.3) is 0 Å². The van der Waals surface area contributed by atoms with Crippen LogP contribution in [0.4, 0.5) is 11.4 Å². The number of hydrogen-bond acceptors (Lipinski definition) is 3. The van der Waals surface area contributed by atoms with Crippen molar-refractivity contribution in [2.75, 3.05) is 10.6 Å².